The quantitative estimate of drug-likeness (QED) is 0.875. The van der Waals surface area contributed by atoms with E-state index in [0.29, 0.717) is 22.4 Å². The number of hydrogen-bond acceptors (Lipinski definition) is 2. The molecule has 0 unspecified atom stereocenters. The van der Waals surface area contributed by atoms with Crippen LogP contribution in [0.2, 0.25) is 0 Å². The minimum atomic E-state index is -0.520. The molecule has 0 saturated heterocycles. The van der Waals surface area contributed by atoms with E-state index in [9.17, 15) is 9.18 Å². The zero-order chi connectivity index (χ0) is 15.4. The zero-order valence-electron chi connectivity index (χ0n) is 11.9. The molecule has 0 atom stereocenters. The van der Waals surface area contributed by atoms with E-state index >= 15 is 0 Å². The van der Waals surface area contributed by atoms with Crippen LogP contribution in [0.15, 0.2) is 36.4 Å². The number of rotatable bonds is 4. The fourth-order valence-electron chi connectivity index (χ4n) is 1.96. The Bertz CT molecular complexity index is 708. The Morgan fingerprint density at radius 3 is 2.48 bits per heavy atom. The second-order valence-corrected chi connectivity index (χ2v) is 4.68. The summed E-state index contributed by atoms with van der Waals surface area (Å²) in [5.74, 6) is -0.228. The van der Waals surface area contributed by atoms with Crippen LogP contribution in [0.4, 0.5) is 4.39 Å². The highest BCUT2D eigenvalue weighted by Gasteiger charge is 2.06. The molecule has 0 aromatic heterocycles. The Kier molecular flexibility index (Phi) is 4.38. The van der Waals surface area contributed by atoms with Crippen molar-refractivity contribution in [2.45, 2.75) is 6.92 Å². The molecule has 0 saturated carbocycles. The number of benzene rings is 2. The molecule has 0 fully saturated rings. The Morgan fingerprint density at radius 1 is 1.14 bits per heavy atom. The lowest BCUT2D eigenvalue weighted by atomic mass is 10.1. The second-order valence-electron chi connectivity index (χ2n) is 4.68. The van der Waals surface area contributed by atoms with Crippen molar-refractivity contribution in [2.75, 3.05) is 7.11 Å². The largest absolute Gasteiger partial charge is 0.496 e. The molecule has 4 heteroatoms. The van der Waals surface area contributed by atoms with Gasteiger partial charge in [-0.1, -0.05) is 24.3 Å². The Hall–Kier alpha value is -2.62. The Morgan fingerprint density at radius 2 is 1.86 bits per heavy atom. The van der Waals surface area contributed by atoms with Gasteiger partial charge in [-0.15, -0.1) is 0 Å². The third-order valence-corrected chi connectivity index (χ3v) is 3.11. The maximum absolute atomic E-state index is 13.8. The highest BCUT2D eigenvalue weighted by Crippen LogP contribution is 2.23. The molecular formula is C17H16FNO2. The lowest BCUT2D eigenvalue weighted by Gasteiger charge is -2.06. The number of carbonyl (C=O) groups excluding carboxylic acids is 1. The van der Waals surface area contributed by atoms with Crippen molar-refractivity contribution in [3.63, 3.8) is 0 Å². The molecule has 0 radical (unpaired) electrons. The van der Waals surface area contributed by atoms with Crippen molar-refractivity contribution in [3.8, 4) is 5.75 Å². The molecule has 2 aromatic carbocycles. The third-order valence-electron chi connectivity index (χ3n) is 3.11. The zero-order valence-corrected chi connectivity index (χ0v) is 11.9. The van der Waals surface area contributed by atoms with Gasteiger partial charge >= 0.3 is 0 Å². The highest BCUT2D eigenvalue weighted by molar-refractivity contribution is 5.94. The Balaban J connectivity index is 2.39. The number of carbonyl (C=O) groups is 1. The van der Waals surface area contributed by atoms with Gasteiger partial charge in [0.25, 0.3) is 0 Å². The van der Waals surface area contributed by atoms with Gasteiger partial charge in [0, 0.05) is 16.7 Å². The number of hydrogen-bond donors (Lipinski definition) is 1. The molecule has 2 aromatic rings. The molecule has 3 nitrogen and oxygen atoms in total. The van der Waals surface area contributed by atoms with Gasteiger partial charge in [-0.3, -0.25) is 4.79 Å². The Labute approximate surface area is 122 Å². The van der Waals surface area contributed by atoms with Gasteiger partial charge in [-0.25, -0.2) is 4.39 Å². The lowest BCUT2D eigenvalue weighted by Crippen LogP contribution is -2.10. The summed E-state index contributed by atoms with van der Waals surface area (Å²) >= 11 is 0. The molecule has 108 valence electrons. The lowest BCUT2D eigenvalue weighted by molar-refractivity contribution is 0.1000. The summed E-state index contributed by atoms with van der Waals surface area (Å²) in [6, 6.07) is 9.86. The minimum Gasteiger partial charge on any atom is -0.496 e. The highest BCUT2D eigenvalue weighted by atomic mass is 19.1. The van der Waals surface area contributed by atoms with Crippen molar-refractivity contribution in [3.05, 3.63) is 64.5 Å². The van der Waals surface area contributed by atoms with Gasteiger partial charge < -0.3 is 10.5 Å². The summed E-state index contributed by atoms with van der Waals surface area (Å²) in [5.41, 5.74) is 7.62. The first-order chi connectivity index (χ1) is 10.0. The first kappa shape index (κ1) is 14.8. The molecule has 0 aliphatic carbocycles. The topological polar surface area (TPSA) is 52.3 Å². The number of ether oxygens (including phenoxy) is 1. The number of aryl methyl sites for hydroxylation is 1. The van der Waals surface area contributed by atoms with E-state index in [1.54, 1.807) is 36.4 Å². The van der Waals surface area contributed by atoms with E-state index in [-0.39, 0.29) is 5.82 Å². The third kappa shape index (κ3) is 3.48. The number of nitrogens with two attached hydrogens (primary N) is 1. The van der Waals surface area contributed by atoms with Crippen molar-refractivity contribution < 1.29 is 13.9 Å². The van der Waals surface area contributed by atoms with E-state index in [1.807, 2.05) is 13.0 Å². The second kappa shape index (κ2) is 6.22. The summed E-state index contributed by atoms with van der Waals surface area (Å²) in [7, 11) is 1.53. The summed E-state index contributed by atoms with van der Waals surface area (Å²) in [5, 5.41) is 0. The number of primary amides is 1. The maximum Gasteiger partial charge on any atom is 0.248 e. The van der Waals surface area contributed by atoms with Crippen LogP contribution in [0.1, 0.15) is 27.0 Å². The van der Waals surface area contributed by atoms with Crippen molar-refractivity contribution >= 4 is 18.1 Å². The van der Waals surface area contributed by atoms with Gasteiger partial charge in [0.1, 0.15) is 11.6 Å². The summed E-state index contributed by atoms with van der Waals surface area (Å²) in [6.07, 6.45) is 3.33. The average molecular weight is 285 g/mol. The van der Waals surface area contributed by atoms with Gasteiger partial charge in [0.05, 0.1) is 7.11 Å². The monoisotopic (exact) mass is 285 g/mol. The van der Waals surface area contributed by atoms with Crippen LogP contribution in [-0.2, 0) is 0 Å². The molecule has 2 rings (SSSR count). The number of methoxy groups -OCH3 is 1. The molecule has 0 aliphatic rings. The van der Waals surface area contributed by atoms with Crippen LogP contribution in [0.3, 0.4) is 0 Å². The normalized spacial score (nSPS) is 10.8. The molecule has 21 heavy (non-hydrogen) atoms. The fourth-order valence-corrected chi connectivity index (χ4v) is 1.96. The van der Waals surface area contributed by atoms with Crippen LogP contribution in [0.5, 0.6) is 5.75 Å². The average Bonchev–Trinajstić information content (AvgIpc) is 2.46. The molecular weight excluding hydrogens is 269 g/mol. The van der Waals surface area contributed by atoms with Crippen LogP contribution < -0.4 is 10.5 Å². The van der Waals surface area contributed by atoms with Crippen molar-refractivity contribution in [1.82, 2.24) is 0 Å². The van der Waals surface area contributed by atoms with Crippen LogP contribution >= 0.6 is 0 Å². The molecule has 0 heterocycles. The van der Waals surface area contributed by atoms with Crippen LogP contribution in [-0.4, -0.2) is 13.0 Å². The maximum atomic E-state index is 13.8. The molecule has 0 aliphatic heterocycles. The van der Waals surface area contributed by atoms with E-state index in [4.69, 9.17) is 10.5 Å². The molecule has 0 spiro atoms. The van der Waals surface area contributed by atoms with Gasteiger partial charge in [0.15, 0.2) is 0 Å². The number of amides is 1. The van der Waals surface area contributed by atoms with Crippen LogP contribution in [0, 0.1) is 12.7 Å². The minimum absolute atomic E-state index is 0.295. The van der Waals surface area contributed by atoms with E-state index in [1.165, 1.54) is 13.2 Å². The predicted molar refractivity (Wildman–Crippen MR) is 81.6 cm³/mol. The SMILES string of the molecule is COc1ccc(C(N)=O)cc1C=Cc1ccc(C)cc1F. The first-order valence-electron chi connectivity index (χ1n) is 6.43. The van der Waals surface area contributed by atoms with Crippen LogP contribution in [0.25, 0.3) is 12.2 Å². The summed E-state index contributed by atoms with van der Waals surface area (Å²) in [4.78, 5) is 11.2. The first-order valence-corrected chi connectivity index (χ1v) is 6.43. The van der Waals surface area contributed by atoms with Gasteiger partial charge in [0.2, 0.25) is 5.91 Å². The predicted octanol–water partition coefficient (Wildman–Crippen LogP) is 3.41. The van der Waals surface area contributed by atoms with Gasteiger partial charge in [-0.05, 0) is 36.8 Å². The van der Waals surface area contributed by atoms with E-state index in [0.717, 1.165) is 5.56 Å². The van der Waals surface area contributed by atoms with Gasteiger partial charge in [-0.2, -0.15) is 0 Å². The van der Waals surface area contributed by atoms with E-state index < -0.39 is 5.91 Å². The summed E-state index contributed by atoms with van der Waals surface area (Å²) < 4.78 is 19.0. The number of halogens is 1. The molecule has 1 amide bonds. The summed E-state index contributed by atoms with van der Waals surface area (Å²) in [6.45, 7) is 1.83. The molecule has 2 N–H and O–H groups in total. The molecule has 0 bridgehead atoms. The van der Waals surface area contributed by atoms with E-state index in [2.05, 4.69) is 0 Å². The van der Waals surface area contributed by atoms with Crippen molar-refractivity contribution in [1.29, 1.82) is 0 Å². The fraction of sp³-hybridized carbons (Fsp3) is 0.118. The van der Waals surface area contributed by atoms with Crippen molar-refractivity contribution in [2.24, 2.45) is 5.73 Å². The smallest absolute Gasteiger partial charge is 0.248 e. The standard InChI is InChI=1S/C17H16FNO2/c1-11-3-4-12(15(18)9-11)5-6-13-10-14(17(19)20)7-8-16(13)21-2/h3-10H,1-2H3,(H2,19,20).